The molecule has 0 unspecified atom stereocenters. The van der Waals surface area contributed by atoms with Gasteiger partial charge in [0.15, 0.2) is 5.43 Å². The molecule has 0 aliphatic carbocycles. The average Bonchev–Trinajstić information content (AvgIpc) is 2.74. The number of nitrogens with zero attached hydrogens (tertiary/aromatic N) is 1. The predicted octanol–water partition coefficient (Wildman–Crippen LogP) is 4.09. The van der Waals surface area contributed by atoms with Gasteiger partial charge in [-0.1, -0.05) is 36.4 Å². The van der Waals surface area contributed by atoms with E-state index < -0.39 is 0 Å². The molecule has 0 bridgehead atoms. The van der Waals surface area contributed by atoms with Crippen LogP contribution >= 0.6 is 0 Å². The first-order valence-electron chi connectivity index (χ1n) is 9.49. The van der Waals surface area contributed by atoms with E-state index in [1.165, 1.54) is 0 Å². The van der Waals surface area contributed by atoms with Crippen molar-refractivity contribution in [2.75, 3.05) is 13.2 Å². The lowest BCUT2D eigenvalue weighted by Crippen LogP contribution is -2.20. The predicted molar refractivity (Wildman–Crippen MR) is 113 cm³/mol. The lowest BCUT2D eigenvalue weighted by atomic mass is 10.1. The highest BCUT2D eigenvalue weighted by Gasteiger charge is 2.13. The van der Waals surface area contributed by atoms with Gasteiger partial charge in [0, 0.05) is 10.8 Å². The number of para-hydroxylation sites is 2. The minimum absolute atomic E-state index is 0.0196. The molecule has 5 heteroatoms. The van der Waals surface area contributed by atoms with Crippen molar-refractivity contribution in [2.45, 2.75) is 13.5 Å². The summed E-state index contributed by atoms with van der Waals surface area (Å²) in [7, 11) is 0. The number of hydrogen-bond acceptors (Lipinski definition) is 4. The molecule has 0 aliphatic heterocycles. The SMILES string of the molecule is Cc1cccc(OCCOC(=O)Cn2c3ccccc3c(=O)c3ccccc32)c1. The van der Waals surface area contributed by atoms with Gasteiger partial charge in [-0.2, -0.15) is 0 Å². The maximum absolute atomic E-state index is 12.7. The van der Waals surface area contributed by atoms with E-state index in [-0.39, 0.29) is 31.2 Å². The molecule has 0 radical (unpaired) electrons. The van der Waals surface area contributed by atoms with Crippen LogP contribution in [0.5, 0.6) is 5.75 Å². The van der Waals surface area contributed by atoms with Gasteiger partial charge in [0.05, 0.1) is 11.0 Å². The molecule has 0 fully saturated rings. The van der Waals surface area contributed by atoms with E-state index in [0.29, 0.717) is 21.8 Å². The Morgan fingerprint density at radius 3 is 2.17 bits per heavy atom. The van der Waals surface area contributed by atoms with Crippen LogP contribution in [0.1, 0.15) is 5.56 Å². The number of pyridine rings is 1. The lowest BCUT2D eigenvalue weighted by molar-refractivity contribution is -0.144. The summed E-state index contributed by atoms with van der Waals surface area (Å²) in [5.74, 6) is 0.371. The smallest absolute Gasteiger partial charge is 0.326 e. The first-order chi connectivity index (χ1) is 14.1. The summed E-state index contributed by atoms with van der Waals surface area (Å²) < 4.78 is 12.8. The van der Waals surface area contributed by atoms with E-state index in [9.17, 15) is 9.59 Å². The zero-order valence-corrected chi connectivity index (χ0v) is 16.1. The fourth-order valence-corrected chi connectivity index (χ4v) is 3.44. The molecule has 0 spiro atoms. The average molecular weight is 387 g/mol. The summed E-state index contributed by atoms with van der Waals surface area (Å²) in [4.78, 5) is 25.2. The largest absolute Gasteiger partial charge is 0.490 e. The zero-order valence-electron chi connectivity index (χ0n) is 16.1. The number of esters is 1. The molecule has 0 amide bonds. The molecule has 0 atom stereocenters. The molecule has 4 rings (SSSR count). The van der Waals surface area contributed by atoms with Crippen molar-refractivity contribution >= 4 is 27.8 Å². The van der Waals surface area contributed by atoms with E-state index in [1.807, 2.05) is 72.2 Å². The van der Waals surface area contributed by atoms with Gasteiger partial charge >= 0.3 is 5.97 Å². The van der Waals surface area contributed by atoms with Gasteiger partial charge in [-0.15, -0.1) is 0 Å². The molecule has 5 nitrogen and oxygen atoms in total. The first kappa shape index (κ1) is 18.7. The van der Waals surface area contributed by atoms with Crippen LogP contribution in [0.2, 0.25) is 0 Å². The summed E-state index contributed by atoms with van der Waals surface area (Å²) in [6.07, 6.45) is 0. The number of ether oxygens (including phenoxy) is 2. The number of rotatable bonds is 6. The zero-order chi connectivity index (χ0) is 20.2. The molecule has 3 aromatic carbocycles. The fraction of sp³-hybridized carbons (Fsp3) is 0.167. The standard InChI is InChI=1S/C24H21NO4/c1-17-7-6-8-18(15-17)28-13-14-29-23(26)16-25-21-11-4-2-9-19(21)24(27)20-10-3-5-12-22(20)25/h2-12,15H,13-14,16H2,1H3. The molecular formula is C24H21NO4. The summed E-state index contributed by atoms with van der Waals surface area (Å²) in [6, 6.07) is 22.3. The van der Waals surface area contributed by atoms with Crippen LogP contribution < -0.4 is 10.2 Å². The van der Waals surface area contributed by atoms with Gasteiger partial charge < -0.3 is 14.0 Å². The Morgan fingerprint density at radius 1 is 0.862 bits per heavy atom. The van der Waals surface area contributed by atoms with Crippen LogP contribution in [0.3, 0.4) is 0 Å². The van der Waals surface area contributed by atoms with Crippen LogP contribution in [0.4, 0.5) is 0 Å². The topological polar surface area (TPSA) is 57.5 Å². The Morgan fingerprint density at radius 2 is 1.52 bits per heavy atom. The monoisotopic (exact) mass is 387 g/mol. The van der Waals surface area contributed by atoms with Crippen molar-refractivity contribution in [3.63, 3.8) is 0 Å². The number of aryl methyl sites for hydroxylation is 1. The van der Waals surface area contributed by atoms with E-state index in [4.69, 9.17) is 9.47 Å². The second-order valence-corrected chi connectivity index (χ2v) is 6.84. The van der Waals surface area contributed by atoms with Crippen molar-refractivity contribution in [1.82, 2.24) is 4.57 Å². The van der Waals surface area contributed by atoms with E-state index in [1.54, 1.807) is 12.1 Å². The van der Waals surface area contributed by atoms with Crippen LogP contribution in [-0.2, 0) is 16.1 Å². The van der Waals surface area contributed by atoms with Gasteiger partial charge in [-0.05, 0) is 48.9 Å². The van der Waals surface area contributed by atoms with Gasteiger partial charge in [0.25, 0.3) is 0 Å². The highest BCUT2D eigenvalue weighted by molar-refractivity contribution is 5.94. The van der Waals surface area contributed by atoms with Gasteiger partial charge in [0.2, 0.25) is 0 Å². The molecular weight excluding hydrogens is 366 g/mol. The Kier molecular flexibility index (Phi) is 5.29. The molecule has 0 aliphatic rings. The van der Waals surface area contributed by atoms with Crippen molar-refractivity contribution in [3.05, 3.63) is 88.6 Å². The van der Waals surface area contributed by atoms with E-state index >= 15 is 0 Å². The Balaban J connectivity index is 1.50. The molecule has 0 saturated heterocycles. The first-order valence-corrected chi connectivity index (χ1v) is 9.49. The molecule has 0 saturated carbocycles. The van der Waals surface area contributed by atoms with Gasteiger partial charge in [-0.3, -0.25) is 9.59 Å². The highest BCUT2D eigenvalue weighted by Crippen LogP contribution is 2.19. The van der Waals surface area contributed by atoms with Gasteiger partial charge in [-0.25, -0.2) is 0 Å². The summed E-state index contributed by atoms with van der Waals surface area (Å²) in [5.41, 5.74) is 2.50. The molecule has 4 aromatic rings. The normalized spacial score (nSPS) is 10.9. The summed E-state index contributed by atoms with van der Waals surface area (Å²) in [5, 5.41) is 1.17. The highest BCUT2D eigenvalue weighted by atomic mass is 16.6. The number of carbonyl (C=O) groups excluding carboxylic acids is 1. The number of aromatic nitrogens is 1. The number of benzene rings is 3. The molecule has 29 heavy (non-hydrogen) atoms. The maximum Gasteiger partial charge on any atom is 0.326 e. The maximum atomic E-state index is 12.7. The van der Waals surface area contributed by atoms with Crippen molar-refractivity contribution in [3.8, 4) is 5.75 Å². The summed E-state index contributed by atoms with van der Waals surface area (Å²) >= 11 is 0. The van der Waals surface area contributed by atoms with Crippen molar-refractivity contribution in [1.29, 1.82) is 0 Å². The third-order valence-corrected chi connectivity index (χ3v) is 4.77. The van der Waals surface area contributed by atoms with Gasteiger partial charge in [0.1, 0.15) is 25.5 Å². The third-order valence-electron chi connectivity index (χ3n) is 4.77. The quantitative estimate of drug-likeness (QED) is 0.284. The van der Waals surface area contributed by atoms with E-state index in [2.05, 4.69) is 0 Å². The number of carbonyl (C=O) groups is 1. The van der Waals surface area contributed by atoms with Crippen LogP contribution in [-0.4, -0.2) is 23.8 Å². The Labute approximate surface area is 168 Å². The Hall–Kier alpha value is -3.60. The molecule has 146 valence electrons. The second-order valence-electron chi connectivity index (χ2n) is 6.84. The summed E-state index contributed by atoms with van der Waals surface area (Å²) in [6.45, 7) is 2.45. The number of hydrogen-bond donors (Lipinski definition) is 0. The third kappa shape index (κ3) is 3.99. The molecule has 1 aromatic heterocycles. The van der Waals surface area contributed by atoms with E-state index in [0.717, 1.165) is 11.3 Å². The van der Waals surface area contributed by atoms with Crippen LogP contribution in [0.25, 0.3) is 21.8 Å². The fourth-order valence-electron chi connectivity index (χ4n) is 3.44. The molecule has 1 heterocycles. The second kappa shape index (κ2) is 8.19. The minimum atomic E-state index is -0.378. The Bertz CT molecular complexity index is 1180. The number of fused-ring (bicyclic) bond motifs is 2. The van der Waals surface area contributed by atoms with Crippen molar-refractivity contribution < 1.29 is 14.3 Å². The lowest BCUT2D eigenvalue weighted by Gasteiger charge is -2.15. The molecule has 0 N–H and O–H groups in total. The van der Waals surface area contributed by atoms with Crippen molar-refractivity contribution in [2.24, 2.45) is 0 Å². The van der Waals surface area contributed by atoms with Crippen LogP contribution in [0.15, 0.2) is 77.6 Å². The van der Waals surface area contributed by atoms with Crippen LogP contribution in [0, 0.1) is 6.92 Å². The minimum Gasteiger partial charge on any atom is -0.490 e.